The highest BCUT2D eigenvalue weighted by Gasteiger charge is 2.42. The maximum absolute atomic E-state index is 12.6. The number of ether oxygens (including phenoxy) is 1. The van der Waals surface area contributed by atoms with Crippen LogP contribution in [0.15, 0.2) is 0 Å². The van der Waals surface area contributed by atoms with E-state index >= 15 is 0 Å². The van der Waals surface area contributed by atoms with E-state index in [2.05, 4.69) is 0 Å². The predicted octanol–water partition coefficient (Wildman–Crippen LogP) is 1.80. The Morgan fingerprint density at radius 2 is 1.65 bits per heavy atom. The maximum atomic E-state index is 12.6. The van der Waals surface area contributed by atoms with E-state index in [0.717, 1.165) is 19.4 Å². The van der Waals surface area contributed by atoms with Crippen LogP contribution in [0.25, 0.3) is 0 Å². The summed E-state index contributed by atoms with van der Waals surface area (Å²) in [6.45, 7) is 0.817. The summed E-state index contributed by atoms with van der Waals surface area (Å²) in [4.78, 5) is 25.5. The molecule has 0 aromatic carbocycles. The summed E-state index contributed by atoms with van der Waals surface area (Å²) >= 11 is 0. The van der Waals surface area contributed by atoms with Crippen LogP contribution in [-0.2, 0) is 14.3 Å². The molecule has 3 aliphatic rings. The maximum Gasteiger partial charge on any atom is 0.332 e. The third kappa shape index (κ3) is 2.55. The first-order valence-electron chi connectivity index (χ1n) is 7.85. The minimum atomic E-state index is -0.950. The molecule has 1 amide bonds. The van der Waals surface area contributed by atoms with Gasteiger partial charge in [0.2, 0.25) is 0 Å². The van der Waals surface area contributed by atoms with Crippen molar-refractivity contribution in [3.05, 3.63) is 0 Å². The van der Waals surface area contributed by atoms with Crippen molar-refractivity contribution in [2.24, 2.45) is 5.92 Å². The Hall–Kier alpha value is -1.10. The number of rotatable bonds is 3. The zero-order valence-corrected chi connectivity index (χ0v) is 11.8. The molecule has 0 aromatic heterocycles. The van der Waals surface area contributed by atoms with Crippen molar-refractivity contribution in [1.29, 1.82) is 0 Å². The molecule has 5 heteroatoms. The number of carbonyl (C=O) groups excluding carboxylic acids is 1. The molecule has 20 heavy (non-hydrogen) atoms. The molecule has 1 saturated carbocycles. The number of likely N-dealkylation sites (tertiary alicyclic amines) is 1. The number of hydrogen-bond donors (Lipinski definition) is 1. The molecule has 1 unspecified atom stereocenters. The lowest BCUT2D eigenvalue weighted by Crippen LogP contribution is -2.45. The Kier molecular flexibility index (Phi) is 3.96. The van der Waals surface area contributed by atoms with Gasteiger partial charge < -0.3 is 14.7 Å². The average molecular weight is 281 g/mol. The minimum Gasteiger partial charge on any atom is -0.479 e. The van der Waals surface area contributed by atoms with Gasteiger partial charge in [-0.1, -0.05) is 12.8 Å². The summed E-state index contributed by atoms with van der Waals surface area (Å²) < 4.78 is 5.42. The fourth-order valence-electron chi connectivity index (χ4n) is 4.08. The standard InChI is InChI=1S/C15H23NO4/c17-14(12-7-8-13(20-12)15(18)19)16-9-3-6-11(16)10-4-1-2-5-10/h10-13H,1-9H2,(H,18,19)/t11?,12-,13+/m0/s1. The predicted molar refractivity (Wildman–Crippen MR) is 72.2 cm³/mol. The van der Waals surface area contributed by atoms with Gasteiger partial charge in [0.05, 0.1) is 0 Å². The van der Waals surface area contributed by atoms with Crippen LogP contribution in [0.5, 0.6) is 0 Å². The number of carboxylic acid groups (broad SMARTS) is 1. The summed E-state index contributed by atoms with van der Waals surface area (Å²) in [5, 5.41) is 8.95. The van der Waals surface area contributed by atoms with Gasteiger partial charge in [0.15, 0.2) is 6.10 Å². The second kappa shape index (κ2) is 5.72. The lowest BCUT2D eigenvalue weighted by molar-refractivity contribution is -0.155. The number of carboxylic acids is 1. The normalized spacial score (nSPS) is 34.8. The van der Waals surface area contributed by atoms with Crippen LogP contribution < -0.4 is 0 Å². The molecule has 3 fully saturated rings. The molecule has 5 nitrogen and oxygen atoms in total. The molecule has 1 N–H and O–H groups in total. The molecular weight excluding hydrogens is 258 g/mol. The molecule has 2 aliphatic heterocycles. The van der Waals surface area contributed by atoms with E-state index < -0.39 is 18.2 Å². The van der Waals surface area contributed by atoms with Crippen molar-refractivity contribution < 1.29 is 19.4 Å². The highest BCUT2D eigenvalue weighted by Crippen LogP contribution is 2.36. The van der Waals surface area contributed by atoms with Gasteiger partial charge in [0, 0.05) is 12.6 Å². The lowest BCUT2D eigenvalue weighted by atomic mass is 9.95. The van der Waals surface area contributed by atoms with Gasteiger partial charge >= 0.3 is 5.97 Å². The van der Waals surface area contributed by atoms with E-state index in [0.29, 0.717) is 24.8 Å². The fourth-order valence-corrected chi connectivity index (χ4v) is 4.08. The van der Waals surface area contributed by atoms with Crippen LogP contribution >= 0.6 is 0 Å². The first kappa shape index (κ1) is 13.9. The summed E-state index contributed by atoms with van der Waals surface area (Å²) in [6, 6.07) is 0.373. The minimum absolute atomic E-state index is 0.0307. The van der Waals surface area contributed by atoms with Crippen molar-refractivity contribution in [2.45, 2.75) is 69.6 Å². The van der Waals surface area contributed by atoms with Gasteiger partial charge in [-0.2, -0.15) is 0 Å². The van der Waals surface area contributed by atoms with Gasteiger partial charge in [0.25, 0.3) is 5.91 Å². The summed E-state index contributed by atoms with van der Waals surface area (Å²) in [5.41, 5.74) is 0. The van der Waals surface area contributed by atoms with Crippen LogP contribution in [0.1, 0.15) is 51.4 Å². The molecule has 2 heterocycles. The number of amides is 1. The van der Waals surface area contributed by atoms with Crippen LogP contribution in [0.2, 0.25) is 0 Å². The second-order valence-corrected chi connectivity index (χ2v) is 6.31. The Morgan fingerprint density at radius 3 is 2.30 bits per heavy atom. The quantitative estimate of drug-likeness (QED) is 0.856. The van der Waals surface area contributed by atoms with Crippen LogP contribution in [0.3, 0.4) is 0 Å². The van der Waals surface area contributed by atoms with E-state index in [1.807, 2.05) is 4.90 Å². The number of nitrogens with zero attached hydrogens (tertiary/aromatic N) is 1. The molecule has 112 valence electrons. The molecule has 3 rings (SSSR count). The van der Waals surface area contributed by atoms with Crippen LogP contribution in [0.4, 0.5) is 0 Å². The summed E-state index contributed by atoms with van der Waals surface area (Å²) in [6.07, 6.45) is 6.88. The topological polar surface area (TPSA) is 66.8 Å². The Bertz CT molecular complexity index is 391. The van der Waals surface area contributed by atoms with Crippen molar-refractivity contribution >= 4 is 11.9 Å². The monoisotopic (exact) mass is 281 g/mol. The summed E-state index contributed by atoms with van der Waals surface area (Å²) in [7, 11) is 0. The third-order valence-electron chi connectivity index (χ3n) is 5.10. The largest absolute Gasteiger partial charge is 0.479 e. The number of aliphatic carboxylic acids is 1. The van der Waals surface area contributed by atoms with Crippen molar-refractivity contribution in [2.75, 3.05) is 6.54 Å². The van der Waals surface area contributed by atoms with E-state index in [1.165, 1.54) is 25.7 Å². The van der Waals surface area contributed by atoms with Gasteiger partial charge in [-0.3, -0.25) is 4.79 Å². The zero-order valence-electron chi connectivity index (χ0n) is 11.8. The van der Waals surface area contributed by atoms with E-state index in [-0.39, 0.29) is 5.91 Å². The highest BCUT2D eigenvalue weighted by atomic mass is 16.5. The van der Waals surface area contributed by atoms with E-state index in [4.69, 9.17) is 9.84 Å². The van der Waals surface area contributed by atoms with Gasteiger partial charge in [-0.25, -0.2) is 4.79 Å². The van der Waals surface area contributed by atoms with Crippen molar-refractivity contribution in [3.8, 4) is 0 Å². The molecule has 0 radical (unpaired) electrons. The van der Waals surface area contributed by atoms with E-state index in [1.54, 1.807) is 0 Å². The van der Waals surface area contributed by atoms with Crippen LogP contribution in [-0.4, -0.2) is 46.7 Å². The lowest BCUT2D eigenvalue weighted by Gasteiger charge is -2.31. The first-order chi connectivity index (χ1) is 9.66. The Morgan fingerprint density at radius 1 is 0.950 bits per heavy atom. The molecule has 2 saturated heterocycles. The van der Waals surface area contributed by atoms with E-state index in [9.17, 15) is 9.59 Å². The van der Waals surface area contributed by atoms with Crippen LogP contribution in [0, 0.1) is 5.92 Å². The van der Waals surface area contributed by atoms with Crippen molar-refractivity contribution in [1.82, 2.24) is 4.90 Å². The summed E-state index contributed by atoms with van der Waals surface area (Å²) in [5.74, 6) is -0.268. The molecule has 0 aromatic rings. The molecular formula is C15H23NO4. The Balaban J connectivity index is 1.62. The number of carbonyl (C=O) groups is 2. The average Bonchev–Trinajstić information content (AvgIpc) is 3.17. The SMILES string of the molecule is O=C(O)[C@H]1CC[C@@H](C(=O)N2CCCC2C2CCCC2)O1. The smallest absolute Gasteiger partial charge is 0.332 e. The fraction of sp³-hybridized carbons (Fsp3) is 0.867. The molecule has 0 spiro atoms. The van der Waals surface area contributed by atoms with Gasteiger partial charge in [-0.05, 0) is 44.4 Å². The van der Waals surface area contributed by atoms with Gasteiger partial charge in [0.1, 0.15) is 6.10 Å². The first-order valence-corrected chi connectivity index (χ1v) is 7.85. The van der Waals surface area contributed by atoms with Gasteiger partial charge in [-0.15, -0.1) is 0 Å². The Labute approximate surface area is 119 Å². The third-order valence-corrected chi connectivity index (χ3v) is 5.10. The highest BCUT2D eigenvalue weighted by molar-refractivity contribution is 5.83. The molecule has 0 bridgehead atoms. The number of hydrogen-bond acceptors (Lipinski definition) is 3. The zero-order chi connectivity index (χ0) is 14.1. The van der Waals surface area contributed by atoms with Crippen molar-refractivity contribution in [3.63, 3.8) is 0 Å². The second-order valence-electron chi connectivity index (χ2n) is 6.31. The molecule has 1 aliphatic carbocycles. The molecule has 3 atom stereocenters.